The molecule has 2 saturated heterocycles. The Balaban J connectivity index is 1.22. The van der Waals surface area contributed by atoms with E-state index in [0.29, 0.717) is 12.1 Å². The average molecular weight is 465 g/mol. The molecule has 4 N–H and O–H groups in total. The van der Waals surface area contributed by atoms with Gasteiger partial charge < -0.3 is 20.6 Å². The molecule has 6 heteroatoms. The van der Waals surface area contributed by atoms with E-state index in [1.165, 1.54) is 46.2 Å². The van der Waals surface area contributed by atoms with E-state index < -0.39 is 0 Å². The normalized spacial score (nSPS) is 22.5. The van der Waals surface area contributed by atoms with Crippen molar-refractivity contribution in [2.45, 2.75) is 57.0 Å². The Morgan fingerprint density at radius 3 is 1.63 bits per heavy atom. The van der Waals surface area contributed by atoms with Crippen LogP contribution in [0.3, 0.4) is 0 Å². The van der Waals surface area contributed by atoms with E-state index in [-0.39, 0.29) is 5.41 Å². The van der Waals surface area contributed by atoms with Crippen molar-refractivity contribution in [2.24, 2.45) is 0 Å². The molecule has 2 atom stereocenters. The van der Waals surface area contributed by atoms with Crippen molar-refractivity contribution in [2.75, 3.05) is 13.1 Å². The molecule has 0 spiro atoms. The molecule has 2 fully saturated rings. The van der Waals surface area contributed by atoms with E-state index in [0.717, 1.165) is 49.0 Å². The number of aromatic amines is 2. The maximum Gasteiger partial charge on any atom is 0.123 e. The first-order valence-corrected chi connectivity index (χ1v) is 12.9. The van der Waals surface area contributed by atoms with Crippen LogP contribution in [0.1, 0.15) is 74.4 Å². The summed E-state index contributed by atoms with van der Waals surface area (Å²) in [6.07, 6.45) is 8.70. The summed E-state index contributed by atoms with van der Waals surface area (Å²) in [7, 11) is 0. The van der Waals surface area contributed by atoms with Crippen molar-refractivity contribution in [3.05, 3.63) is 71.6 Å². The second-order valence-corrected chi connectivity index (χ2v) is 10.8. The summed E-state index contributed by atoms with van der Waals surface area (Å²) in [6.45, 7) is 6.83. The van der Waals surface area contributed by atoms with E-state index in [1.807, 2.05) is 12.4 Å². The van der Waals surface area contributed by atoms with Gasteiger partial charge in [0.05, 0.1) is 35.9 Å². The molecule has 4 aromatic rings. The molecule has 4 heterocycles. The van der Waals surface area contributed by atoms with Crippen molar-refractivity contribution < 1.29 is 0 Å². The zero-order valence-corrected chi connectivity index (χ0v) is 20.4. The first-order chi connectivity index (χ1) is 17.1. The summed E-state index contributed by atoms with van der Waals surface area (Å²) < 4.78 is 0. The van der Waals surface area contributed by atoms with Gasteiger partial charge in [0, 0.05) is 5.41 Å². The molecule has 7 rings (SSSR count). The highest BCUT2D eigenvalue weighted by molar-refractivity contribution is 5.85. The van der Waals surface area contributed by atoms with Crippen molar-refractivity contribution >= 4 is 0 Å². The SMILES string of the molecule is CC1(C)c2cc(-c3cnc([C@@H]4CCCN4)[nH]3)ccc2-c2ccc(-c3cnc([C@@H]4CCCN4)[nH]3)cc21. The highest BCUT2D eigenvalue weighted by Crippen LogP contribution is 2.50. The first kappa shape index (κ1) is 21.1. The lowest BCUT2D eigenvalue weighted by Crippen LogP contribution is -2.15. The molecular formula is C29H32N6. The van der Waals surface area contributed by atoms with Crippen molar-refractivity contribution in [1.29, 1.82) is 0 Å². The van der Waals surface area contributed by atoms with Crippen LogP contribution >= 0.6 is 0 Å². The number of fused-ring (bicyclic) bond motifs is 3. The van der Waals surface area contributed by atoms with Gasteiger partial charge >= 0.3 is 0 Å². The standard InChI is InChI=1S/C29H32N6/c1-29(2)21-13-17(25-15-32-27(34-25)23-5-3-11-30-23)7-9-19(21)20-10-8-18(14-22(20)29)26-16-33-28(35-26)24-6-4-12-31-24/h7-10,13-16,23-24,30-31H,3-6,11-12H2,1-2H3,(H,32,34)(H,33,35)/t23-,24-/m0/s1. The van der Waals surface area contributed by atoms with E-state index >= 15 is 0 Å². The minimum atomic E-state index is -0.0809. The van der Waals surface area contributed by atoms with Gasteiger partial charge in [0.15, 0.2) is 0 Å². The van der Waals surface area contributed by atoms with Gasteiger partial charge in [0.25, 0.3) is 0 Å². The quantitative estimate of drug-likeness (QED) is 0.316. The molecule has 35 heavy (non-hydrogen) atoms. The Morgan fingerprint density at radius 1 is 0.714 bits per heavy atom. The van der Waals surface area contributed by atoms with Crippen LogP contribution in [0.25, 0.3) is 33.6 Å². The maximum atomic E-state index is 4.69. The minimum Gasteiger partial charge on any atom is -0.341 e. The topological polar surface area (TPSA) is 81.4 Å². The van der Waals surface area contributed by atoms with Gasteiger partial charge in [-0.1, -0.05) is 38.1 Å². The molecule has 1 aliphatic carbocycles. The van der Waals surface area contributed by atoms with Crippen LogP contribution in [0.15, 0.2) is 48.8 Å². The third kappa shape index (κ3) is 3.39. The smallest absolute Gasteiger partial charge is 0.123 e. The van der Waals surface area contributed by atoms with Crippen LogP contribution in [0.4, 0.5) is 0 Å². The minimum absolute atomic E-state index is 0.0809. The number of H-pyrrole nitrogens is 2. The van der Waals surface area contributed by atoms with E-state index in [9.17, 15) is 0 Å². The number of hydrogen-bond acceptors (Lipinski definition) is 4. The Labute approximate surface area is 206 Å². The van der Waals surface area contributed by atoms with Crippen LogP contribution in [0.5, 0.6) is 0 Å². The maximum absolute atomic E-state index is 4.69. The monoisotopic (exact) mass is 464 g/mol. The Morgan fingerprint density at radius 2 is 1.20 bits per heavy atom. The fourth-order valence-electron chi connectivity index (χ4n) is 6.23. The lowest BCUT2D eigenvalue weighted by molar-refractivity contribution is 0.613. The second-order valence-electron chi connectivity index (χ2n) is 10.8. The number of nitrogens with one attached hydrogen (secondary N) is 4. The number of rotatable bonds is 4. The zero-order valence-electron chi connectivity index (χ0n) is 20.4. The van der Waals surface area contributed by atoms with Crippen LogP contribution in [-0.2, 0) is 5.41 Å². The molecule has 2 aromatic heterocycles. The highest BCUT2D eigenvalue weighted by Gasteiger charge is 2.36. The van der Waals surface area contributed by atoms with Gasteiger partial charge in [-0.2, -0.15) is 0 Å². The third-order valence-electron chi connectivity index (χ3n) is 8.27. The van der Waals surface area contributed by atoms with Gasteiger partial charge in [-0.25, -0.2) is 9.97 Å². The number of hydrogen-bond donors (Lipinski definition) is 4. The van der Waals surface area contributed by atoms with Gasteiger partial charge in [-0.15, -0.1) is 0 Å². The molecule has 2 aromatic carbocycles. The molecule has 0 radical (unpaired) electrons. The first-order valence-electron chi connectivity index (χ1n) is 12.9. The molecule has 6 nitrogen and oxygen atoms in total. The van der Waals surface area contributed by atoms with Crippen LogP contribution in [-0.4, -0.2) is 33.0 Å². The van der Waals surface area contributed by atoms with Crippen molar-refractivity contribution in [3.8, 4) is 33.6 Å². The van der Waals surface area contributed by atoms with Crippen LogP contribution in [0, 0.1) is 0 Å². The van der Waals surface area contributed by atoms with Crippen LogP contribution < -0.4 is 10.6 Å². The predicted molar refractivity (Wildman–Crippen MR) is 139 cm³/mol. The Hall–Kier alpha value is -3.22. The number of aromatic nitrogens is 4. The third-order valence-corrected chi connectivity index (χ3v) is 8.27. The summed E-state index contributed by atoms with van der Waals surface area (Å²) in [5.74, 6) is 2.11. The van der Waals surface area contributed by atoms with Gasteiger partial charge in [0.2, 0.25) is 0 Å². The summed E-state index contributed by atoms with van der Waals surface area (Å²) in [6, 6.07) is 14.4. The molecule has 0 bridgehead atoms. The molecule has 0 saturated carbocycles. The zero-order chi connectivity index (χ0) is 23.6. The van der Waals surface area contributed by atoms with E-state index in [2.05, 4.69) is 80.8 Å². The summed E-state index contributed by atoms with van der Waals surface area (Å²) in [4.78, 5) is 16.5. The number of benzene rings is 2. The van der Waals surface area contributed by atoms with Gasteiger partial charge in [-0.05, 0) is 84.3 Å². The van der Waals surface area contributed by atoms with Gasteiger partial charge in [0.1, 0.15) is 11.6 Å². The summed E-state index contributed by atoms with van der Waals surface area (Å²) >= 11 is 0. The second kappa shape index (κ2) is 7.90. The molecule has 3 aliphatic rings. The highest BCUT2D eigenvalue weighted by atomic mass is 15.0. The van der Waals surface area contributed by atoms with Crippen molar-refractivity contribution in [1.82, 2.24) is 30.6 Å². The molecule has 2 aliphatic heterocycles. The lowest BCUT2D eigenvalue weighted by atomic mass is 9.81. The fourth-order valence-corrected chi connectivity index (χ4v) is 6.23. The summed E-state index contributed by atoms with van der Waals surface area (Å²) in [5.41, 5.74) is 9.91. The average Bonchev–Trinajstić information content (AvgIpc) is 3.70. The number of imidazole rings is 2. The fraction of sp³-hybridized carbons (Fsp3) is 0.379. The number of nitrogens with zero attached hydrogens (tertiary/aromatic N) is 2. The molecular weight excluding hydrogens is 432 g/mol. The van der Waals surface area contributed by atoms with E-state index in [1.54, 1.807) is 0 Å². The molecule has 178 valence electrons. The van der Waals surface area contributed by atoms with Crippen molar-refractivity contribution in [3.63, 3.8) is 0 Å². The Kier molecular flexibility index (Phi) is 4.76. The van der Waals surface area contributed by atoms with E-state index in [4.69, 9.17) is 0 Å². The molecule has 0 amide bonds. The molecule has 0 unspecified atom stereocenters. The predicted octanol–water partition coefficient (Wildman–Crippen LogP) is 5.62. The summed E-state index contributed by atoms with van der Waals surface area (Å²) in [5, 5.41) is 7.07. The van der Waals surface area contributed by atoms with Crippen LogP contribution in [0.2, 0.25) is 0 Å². The largest absolute Gasteiger partial charge is 0.341 e. The lowest BCUT2D eigenvalue weighted by Gasteiger charge is -2.22. The Bertz CT molecular complexity index is 1290. The van der Waals surface area contributed by atoms with Gasteiger partial charge in [-0.3, -0.25) is 0 Å².